The van der Waals surface area contributed by atoms with Crippen molar-refractivity contribution in [2.75, 3.05) is 24.2 Å². The summed E-state index contributed by atoms with van der Waals surface area (Å²) in [5.41, 5.74) is -0.466. The van der Waals surface area contributed by atoms with E-state index in [1.807, 2.05) is 11.4 Å². The maximum absolute atomic E-state index is 14.3. The Labute approximate surface area is 242 Å². The van der Waals surface area contributed by atoms with E-state index in [9.17, 15) is 37.6 Å². The van der Waals surface area contributed by atoms with E-state index in [0.717, 1.165) is 23.1 Å². The van der Waals surface area contributed by atoms with Crippen molar-refractivity contribution in [3.05, 3.63) is 95.3 Å². The zero-order chi connectivity index (χ0) is 32.7. The molecule has 0 saturated carbocycles. The highest BCUT2D eigenvalue weighted by Crippen LogP contribution is 2.46. The molecule has 12 heteroatoms. The van der Waals surface area contributed by atoms with Crippen molar-refractivity contribution in [1.82, 2.24) is 9.80 Å². The van der Waals surface area contributed by atoms with E-state index in [0.29, 0.717) is 23.4 Å². The second kappa shape index (κ2) is 11.0. The SMILES string of the molecule is [2H]C([2H])([2H])N(C(=O)C(=O)Nc1ccc(F)c(F)c1)[C@@H](Cc1ccc(F)cc1)C(=O)N1C[C@]2(C[C@H]1C#N)C(=O)Nc1ccccc12. The number of hydrogen-bond donors (Lipinski definition) is 2. The number of anilines is 2. The van der Waals surface area contributed by atoms with Crippen LogP contribution in [-0.4, -0.2) is 59.0 Å². The summed E-state index contributed by atoms with van der Waals surface area (Å²) in [6, 6.07) is 12.3. The van der Waals surface area contributed by atoms with Crippen LogP contribution in [0.15, 0.2) is 66.7 Å². The summed E-state index contributed by atoms with van der Waals surface area (Å²) in [6.07, 6.45) is -0.647. The van der Waals surface area contributed by atoms with Gasteiger partial charge < -0.3 is 20.4 Å². The van der Waals surface area contributed by atoms with Crippen molar-refractivity contribution >= 4 is 35.0 Å². The monoisotopic (exact) mass is 578 g/mol. The fraction of sp³-hybridized carbons (Fsp3) is 0.233. The van der Waals surface area contributed by atoms with Gasteiger partial charge in [0.15, 0.2) is 11.6 Å². The van der Waals surface area contributed by atoms with Gasteiger partial charge in [0, 0.05) is 47.9 Å². The van der Waals surface area contributed by atoms with Gasteiger partial charge in [0.1, 0.15) is 17.9 Å². The van der Waals surface area contributed by atoms with E-state index in [4.69, 9.17) is 4.11 Å². The zero-order valence-electron chi connectivity index (χ0n) is 24.7. The van der Waals surface area contributed by atoms with Gasteiger partial charge in [-0.25, -0.2) is 13.2 Å². The van der Waals surface area contributed by atoms with Crippen LogP contribution >= 0.6 is 0 Å². The Hall–Kier alpha value is -5.18. The number of nitrogens with zero attached hydrogens (tertiary/aromatic N) is 3. The first-order valence-corrected chi connectivity index (χ1v) is 12.7. The van der Waals surface area contributed by atoms with Crippen molar-refractivity contribution in [2.45, 2.75) is 30.3 Å². The zero-order valence-corrected chi connectivity index (χ0v) is 21.7. The average Bonchev–Trinajstić information content (AvgIpc) is 3.52. The molecule has 0 unspecified atom stereocenters. The molecule has 4 amide bonds. The quantitative estimate of drug-likeness (QED) is 0.451. The lowest BCUT2D eigenvalue weighted by Gasteiger charge is -2.32. The highest BCUT2D eigenvalue weighted by atomic mass is 19.2. The molecule has 0 radical (unpaired) electrons. The largest absolute Gasteiger partial charge is 0.325 e. The number of para-hydroxylation sites is 1. The molecule has 214 valence electrons. The van der Waals surface area contributed by atoms with Crippen LogP contribution < -0.4 is 10.6 Å². The Bertz CT molecular complexity index is 1750. The average molecular weight is 579 g/mol. The predicted octanol–water partition coefficient (Wildman–Crippen LogP) is 3.13. The van der Waals surface area contributed by atoms with Crippen molar-refractivity contribution in [2.24, 2.45) is 0 Å². The van der Waals surface area contributed by atoms with Gasteiger partial charge >= 0.3 is 11.8 Å². The number of fused-ring (bicyclic) bond motifs is 2. The third-order valence-corrected chi connectivity index (χ3v) is 7.45. The first kappa shape index (κ1) is 24.6. The molecule has 5 rings (SSSR count). The van der Waals surface area contributed by atoms with Crippen LogP contribution in [0.25, 0.3) is 0 Å². The number of benzene rings is 3. The Morgan fingerprint density at radius 2 is 1.88 bits per heavy atom. The highest BCUT2D eigenvalue weighted by molar-refractivity contribution is 6.39. The molecule has 1 fully saturated rings. The Morgan fingerprint density at radius 3 is 2.57 bits per heavy atom. The van der Waals surface area contributed by atoms with E-state index in [1.54, 1.807) is 24.3 Å². The Kier molecular flexibility index (Phi) is 6.45. The smallest absolute Gasteiger partial charge is 0.313 e. The molecule has 9 nitrogen and oxygen atoms in total. The number of carbonyl (C=O) groups excluding carboxylic acids is 4. The number of carbonyl (C=O) groups is 4. The molecule has 42 heavy (non-hydrogen) atoms. The number of nitrogens with one attached hydrogen (secondary N) is 2. The standard InChI is InChI=1S/C30H24F3N5O4/c1-37(28(41)26(39)35-19-10-11-22(32)23(33)13-19)25(12-17-6-8-18(31)9-7-17)27(40)38-16-30(14-20(38)15-34)21-4-2-3-5-24(21)36-29(30)42/h2-11,13,20,25H,12,14,16H2,1H3,(H,35,39)(H,36,42)/t20-,25-,30-/m0/s1/i1D3. The normalized spacial score (nSPS) is 20.9. The van der Waals surface area contributed by atoms with Crippen LogP contribution in [0.1, 0.15) is 21.7 Å². The van der Waals surface area contributed by atoms with Gasteiger partial charge in [0.05, 0.1) is 11.5 Å². The van der Waals surface area contributed by atoms with Crippen LogP contribution in [0, 0.1) is 28.8 Å². The lowest BCUT2D eigenvalue weighted by atomic mass is 9.80. The second-order valence-corrected chi connectivity index (χ2v) is 10.0. The minimum Gasteiger partial charge on any atom is -0.325 e. The third-order valence-electron chi connectivity index (χ3n) is 7.45. The number of hydrogen-bond acceptors (Lipinski definition) is 5. The molecular weight excluding hydrogens is 551 g/mol. The van der Waals surface area contributed by atoms with E-state index in [-0.39, 0.29) is 29.1 Å². The summed E-state index contributed by atoms with van der Waals surface area (Å²) in [5, 5.41) is 14.8. The molecule has 1 saturated heterocycles. The van der Waals surface area contributed by atoms with Gasteiger partial charge in [-0.2, -0.15) is 5.26 Å². The summed E-state index contributed by atoms with van der Waals surface area (Å²) in [5.74, 6) is -8.02. The molecule has 3 aromatic rings. The number of likely N-dealkylation sites (tertiary alicyclic amines) is 1. The molecule has 2 heterocycles. The lowest BCUT2D eigenvalue weighted by molar-refractivity contribution is -0.149. The van der Waals surface area contributed by atoms with E-state index < -0.39 is 72.0 Å². The summed E-state index contributed by atoms with van der Waals surface area (Å²) in [6.45, 7) is -3.75. The number of nitriles is 1. The number of halogens is 3. The van der Waals surface area contributed by atoms with Crippen molar-refractivity contribution < 1.29 is 36.5 Å². The maximum atomic E-state index is 14.3. The van der Waals surface area contributed by atoms with Crippen molar-refractivity contribution in [3.63, 3.8) is 0 Å². The highest BCUT2D eigenvalue weighted by Gasteiger charge is 2.56. The molecule has 0 aliphatic carbocycles. The van der Waals surface area contributed by atoms with Crippen molar-refractivity contribution in [1.29, 1.82) is 5.26 Å². The fourth-order valence-corrected chi connectivity index (χ4v) is 5.32. The molecule has 0 bridgehead atoms. The van der Waals surface area contributed by atoms with Crippen molar-refractivity contribution in [3.8, 4) is 6.07 Å². The molecule has 2 aliphatic heterocycles. The summed E-state index contributed by atoms with van der Waals surface area (Å²) in [4.78, 5) is 55.1. The van der Waals surface area contributed by atoms with E-state index in [1.165, 1.54) is 12.1 Å². The molecule has 1 spiro atoms. The molecule has 0 aromatic heterocycles. The first-order chi connectivity index (χ1) is 21.2. The van der Waals surface area contributed by atoms with Gasteiger partial charge in [-0.3, -0.25) is 19.2 Å². The molecule has 2 N–H and O–H groups in total. The van der Waals surface area contributed by atoms with Gasteiger partial charge in [-0.1, -0.05) is 30.3 Å². The number of rotatable bonds is 5. The lowest BCUT2D eigenvalue weighted by Crippen LogP contribution is -2.54. The second-order valence-electron chi connectivity index (χ2n) is 10.0. The Balaban J connectivity index is 1.53. The van der Waals surface area contributed by atoms with Gasteiger partial charge in [-0.05, 0) is 41.5 Å². The van der Waals surface area contributed by atoms with Crippen LogP contribution in [0.4, 0.5) is 24.5 Å². The molecular formula is C30H24F3N5O4. The van der Waals surface area contributed by atoms with Crippen LogP contribution in [0.3, 0.4) is 0 Å². The minimum absolute atomic E-state index is 0.0655. The Morgan fingerprint density at radius 1 is 1.14 bits per heavy atom. The van der Waals surface area contributed by atoms with Gasteiger partial charge in [-0.15, -0.1) is 0 Å². The topological polar surface area (TPSA) is 123 Å². The summed E-state index contributed by atoms with van der Waals surface area (Å²) in [7, 11) is 0. The number of likely N-dealkylation sites (N-methyl/N-ethyl adjacent to an activating group) is 1. The van der Waals surface area contributed by atoms with Gasteiger partial charge in [0.25, 0.3) is 0 Å². The predicted molar refractivity (Wildman–Crippen MR) is 144 cm³/mol. The van der Waals surface area contributed by atoms with Crippen LogP contribution in [-0.2, 0) is 31.0 Å². The molecule has 3 aromatic carbocycles. The van der Waals surface area contributed by atoms with Crippen LogP contribution in [0.5, 0.6) is 0 Å². The number of amides is 4. The molecule has 2 aliphatic rings. The fourth-order valence-electron chi connectivity index (χ4n) is 5.32. The summed E-state index contributed by atoms with van der Waals surface area (Å²) < 4.78 is 65.2. The first-order valence-electron chi connectivity index (χ1n) is 14.2. The third kappa shape index (κ3) is 5.05. The van der Waals surface area contributed by atoms with Crippen LogP contribution in [0.2, 0.25) is 0 Å². The van der Waals surface area contributed by atoms with E-state index >= 15 is 0 Å². The van der Waals surface area contributed by atoms with Gasteiger partial charge in [0.2, 0.25) is 11.8 Å². The summed E-state index contributed by atoms with van der Waals surface area (Å²) >= 11 is 0. The molecule has 3 atom stereocenters. The van der Waals surface area contributed by atoms with E-state index in [2.05, 4.69) is 5.32 Å². The minimum atomic E-state index is -3.42. The maximum Gasteiger partial charge on any atom is 0.313 e.